The standard InChI is InChI=1S/C60H65N3O/c1-37(2)42-33-49(38(3)4)56(64)51(34-42)57-62-55-48(43-30-44(32-47(31-43)60(11,12)13)52-35-41(28-29-61-52)39-18-15-14-16-19-39)20-17-21-54(55)63(57)53-27-26-46(59(8,9)10)36-50(53)40-22-24-45(25-23-40)58(5,6)7/h14-38,64H,1-13H3/i37D,38D. The quantitative estimate of drug-likeness (QED) is 0.166. The van der Waals surface area contributed by atoms with Gasteiger partial charge < -0.3 is 5.11 Å². The molecular weight excluding hydrogens is 779 g/mol. The number of hydrogen-bond acceptors (Lipinski definition) is 3. The average Bonchev–Trinajstić information content (AvgIpc) is 3.64. The van der Waals surface area contributed by atoms with Gasteiger partial charge in [0.25, 0.3) is 0 Å². The van der Waals surface area contributed by atoms with Crippen molar-refractivity contribution < 1.29 is 7.85 Å². The van der Waals surface area contributed by atoms with Crippen molar-refractivity contribution >= 4 is 11.0 Å². The van der Waals surface area contributed by atoms with Crippen molar-refractivity contribution in [3.8, 4) is 67.5 Å². The van der Waals surface area contributed by atoms with E-state index in [0.29, 0.717) is 22.5 Å². The highest BCUT2D eigenvalue weighted by Gasteiger charge is 2.27. The topological polar surface area (TPSA) is 50.9 Å². The zero-order chi connectivity index (χ0) is 47.7. The molecule has 0 aliphatic heterocycles. The number of pyridine rings is 1. The normalized spacial score (nSPS) is 13.3. The molecule has 2 heterocycles. The van der Waals surface area contributed by atoms with Gasteiger partial charge in [0.1, 0.15) is 11.6 Å². The van der Waals surface area contributed by atoms with Crippen LogP contribution in [0.5, 0.6) is 5.75 Å². The minimum absolute atomic E-state index is 0.00936. The van der Waals surface area contributed by atoms with E-state index >= 15 is 0 Å². The van der Waals surface area contributed by atoms with E-state index in [9.17, 15) is 7.85 Å². The van der Waals surface area contributed by atoms with Crippen LogP contribution in [0.1, 0.15) is 132 Å². The minimum atomic E-state index is -1.16. The van der Waals surface area contributed by atoms with Crippen molar-refractivity contribution in [2.45, 2.75) is 118 Å². The number of fused-ring (bicyclic) bond motifs is 1. The number of aromatic hydroxyl groups is 1. The van der Waals surface area contributed by atoms with Crippen LogP contribution in [0.2, 0.25) is 0 Å². The van der Waals surface area contributed by atoms with Crippen LogP contribution in [-0.4, -0.2) is 19.6 Å². The largest absolute Gasteiger partial charge is 0.507 e. The average molecular weight is 846 g/mol. The number of para-hydroxylation sites is 1. The molecule has 0 amide bonds. The summed E-state index contributed by atoms with van der Waals surface area (Å²) in [5.74, 6) is -1.66. The van der Waals surface area contributed by atoms with Gasteiger partial charge in [0.2, 0.25) is 0 Å². The smallest absolute Gasteiger partial charge is 0.149 e. The van der Waals surface area contributed by atoms with E-state index in [2.05, 4.69) is 182 Å². The molecule has 0 radical (unpaired) electrons. The maximum absolute atomic E-state index is 12.4. The number of hydrogen-bond donors (Lipinski definition) is 1. The summed E-state index contributed by atoms with van der Waals surface area (Å²) in [6, 6.07) is 47.1. The lowest BCUT2D eigenvalue weighted by Crippen LogP contribution is -2.12. The third-order valence-corrected chi connectivity index (χ3v) is 12.6. The first kappa shape index (κ1) is 41.7. The van der Waals surface area contributed by atoms with Crippen molar-refractivity contribution in [3.05, 3.63) is 167 Å². The maximum atomic E-state index is 12.4. The third kappa shape index (κ3) is 8.68. The van der Waals surface area contributed by atoms with Crippen molar-refractivity contribution in [2.24, 2.45) is 0 Å². The molecule has 6 aromatic carbocycles. The molecule has 4 heteroatoms. The highest BCUT2D eigenvalue weighted by molar-refractivity contribution is 5.98. The van der Waals surface area contributed by atoms with Gasteiger partial charge in [-0.05, 0) is 127 Å². The predicted octanol–water partition coefficient (Wildman–Crippen LogP) is 16.6. The van der Waals surface area contributed by atoms with Gasteiger partial charge in [-0.3, -0.25) is 9.55 Å². The van der Waals surface area contributed by atoms with Crippen molar-refractivity contribution in [2.75, 3.05) is 0 Å². The number of aromatic nitrogens is 3. The van der Waals surface area contributed by atoms with Crippen molar-refractivity contribution in [1.29, 1.82) is 0 Å². The number of phenols is 1. The third-order valence-electron chi connectivity index (χ3n) is 12.6. The highest BCUT2D eigenvalue weighted by Crippen LogP contribution is 2.45. The number of phenolic OH excluding ortho intramolecular Hbond substituents is 1. The SMILES string of the molecule is [2H]C(C)(C)c1cc(-c2nc3c(-c4cc(-c5cc(-c6ccccc6)ccn5)cc(C(C)(C)C)c4)cccc3n2-c2ccc(C(C)(C)C)cc2-c2ccc(C(C)(C)C)cc2)c(O)c(C([2H])(C)C)c1. The lowest BCUT2D eigenvalue weighted by atomic mass is 9.83. The summed E-state index contributed by atoms with van der Waals surface area (Å²) >= 11 is 0. The Kier molecular flexibility index (Phi) is 10.9. The van der Waals surface area contributed by atoms with Gasteiger partial charge in [-0.15, -0.1) is 0 Å². The Labute approximate surface area is 384 Å². The molecule has 64 heavy (non-hydrogen) atoms. The zero-order valence-electron chi connectivity index (χ0n) is 42.1. The fourth-order valence-corrected chi connectivity index (χ4v) is 8.57. The summed E-state index contributed by atoms with van der Waals surface area (Å²) < 4.78 is 20.6. The second kappa shape index (κ2) is 16.7. The molecule has 0 aliphatic rings. The minimum Gasteiger partial charge on any atom is -0.507 e. The first-order valence-electron chi connectivity index (χ1n) is 23.6. The Morgan fingerprint density at radius 3 is 1.81 bits per heavy atom. The lowest BCUT2D eigenvalue weighted by molar-refractivity contribution is 0.466. The molecular formula is C60H65N3O. The Morgan fingerprint density at radius 1 is 0.516 bits per heavy atom. The first-order valence-corrected chi connectivity index (χ1v) is 22.6. The van der Waals surface area contributed by atoms with E-state index in [0.717, 1.165) is 61.4 Å². The monoisotopic (exact) mass is 846 g/mol. The highest BCUT2D eigenvalue weighted by atomic mass is 16.3. The van der Waals surface area contributed by atoms with Crippen LogP contribution in [0.25, 0.3) is 72.7 Å². The van der Waals surface area contributed by atoms with Gasteiger partial charge in [-0.25, -0.2) is 4.98 Å². The molecule has 0 spiro atoms. The number of imidazole rings is 1. The Balaban J connectivity index is 1.47. The van der Waals surface area contributed by atoms with Crippen LogP contribution in [-0.2, 0) is 16.2 Å². The van der Waals surface area contributed by atoms with E-state index in [1.54, 1.807) is 13.8 Å². The second-order valence-corrected chi connectivity index (χ2v) is 21.0. The Bertz CT molecular complexity index is 3090. The van der Waals surface area contributed by atoms with E-state index in [1.807, 2.05) is 38.2 Å². The number of benzene rings is 6. The zero-order valence-corrected chi connectivity index (χ0v) is 40.1. The summed E-state index contributed by atoms with van der Waals surface area (Å²) in [6.45, 7) is 27.4. The summed E-state index contributed by atoms with van der Waals surface area (Å²) in [4.78, 5) is 10.5. The molecule has 8 aromatic rings. The van der Waals surface area contributed by atoms with Crippen molar-refractivity contribution in [3.63, 3.8) is 0 Å². The fourth-order valence-electron chi connectivity index (χ4n) is 8.57. The summed E-state index contributed by atoms with van der Waals surface area (Å²) in [5.41, 5.74) is 15.6. The van der Waals surface area contributed by atoms with Gasteiger partial charge >= 0.3 is 0 Å². The van der Waals surface area contributed by atoms with Crippen molar-refractivity contribution in [1.82, 2.24) is 14.5 Å². The summed E-state index contributed by atoms with van der Waals surface area (Å²) in [5, 5.41) is 12.4. The summed E-state index contributed by atoms with van der Waals surface area (Å²) in [6.07, 6.45) is 1.89. The van der Waals surface area contributed by atoms with Crippen LogP contribution in [0.3, 0.4) is 0 Å². The molecule has 2 aromatic heterocycles. The lowest BCUT2D eigenvalue weighted by Gasteiger charge is -2.24. The van der Waals surface area contributed by atoms with Crippen LogP contribution < -0.4 is 0 Å². The van der Waals surface area contributed by atoms with E-state index < -0.39 is 11.8 Å². The number of rotatable bonds is 8. The second-order valence-electron chi connectivity index (χ2n) is 21.0. The molecule has 0 aliphatic carbocycles. The van der Waals surface area contributed by atoms with E-state index in [1.165, 1.54) is 16.7 Å². The van der Waals surface area contributed by atoms with E-state index in [4.69, 9.17) is 9.97 Å². The predicted molar refractivity (Wildman–Crippen MR) is 272 cm³/mol. The van der Waals surface area contributed by atoms with Gasteiger partial charge in [-0.2, -0.15) is 0 Å². The van der Waals surface area contributed by atoms with E-state index in [-0.39, 0.29) is 22.0 Å². The van der Waals surface area contributed by atoms with Crippen LogP contribution >= 0.6 is 0 Å². The molecule has 1 N–H and O–H groups in total. The fraction of sp³-hybridized carbons (Fsp3) is 0.300. The molecule has 0 saturated heterocycles. The van der Waals surface area contributed by atoms with Crippen LogP contribution in [0.4, 0.5) is 0 Å². The van der Waals surface area contributed by atoms with Gasteiger partial charge in [0.15, 0.2) is 0 Å². The van der Waals surface area contributed by atoms with Gasteiger partial charge in [0.05, 0.1) is 28.0 Å². The molecule has 4 nitrogen and oxygen atoms in total. The van der Waals surface area contributed by atoms with Gasteiger partial charge in [0, 0.05) is 25.6 Å². The molecule has 326 valence electrons. The maximum Gasteiger partial charge on any atom is 0.149 e. The van der Waals surface area contributed by atoms with Crippen LogP contribution in [0, 0.1) is 0 Å². The molecule has 0 bridgehead atoms. The molecule has 0 unspecified atom stereocenters. The van der Waals surface area contributed by atoms with Crippen LogP contribution in [0.15, 0.2) is 140 Å². The molecule has 0 atom stereocenters. The molecule has 8 rings (SSSR count). The summed E-state index contributed by atoms with van der Waals surface area (Å²) in [7, 11) is 0. The van der Waals surface area contributed by atoms with Gasteiger partial charge in [-0.1, -0.05) is 175 Å². The molecule has 0 fully saturated rings. The Hall–Kier alpha value is -6.26. The Morgan fingerprint density at radius 2 is 1.17 bits per heavy atom. The first-order chi connectivity index (χ1) is 30.8. The number of nitrogens with zero attached hydrogens (tertiary/aromatic N) is 3. The molecule has 0 saturated carbocycles.